The Hall–Kier alpha value is -2.17. The molecule has 25 heavy (non-hydrogen) atoms. The molecule has 0 spiro atoms. The molecule has 4 nitrogen and oxygen atoms in total. The van der Waals surface area contributed by atoms with Gasteiger partial charge in [0.15, 0.2) is 0 Å². The van der Waals surface area contributed by atoms with Gasteiger partial charge in [-0.25, -0.2) is 5.43 Å². The van der Waals surface area contributed by atoms with Crippen molar-refractivity contribution in [3.05, 3.63) is 71.8 Å². The third-order valence-corrected chi connectivity index (χ3v) is 4.66. The summed E-state index contributed by atoms with van der Waals surface area (Å²) in [6, 6.07) is 20.6. The van der Waals surface area contributed by atoms with Gasteiger partial charge in [0.05, 0.1) is 0 Å². The maximum absolute atomic E-state index is 13.1. The standard InChI is InChI=1S/C21H27N3O/c1-2-9-19-14-20(23-22-19)21(25)24(15-17-10-5-3-6-11-17)16-18-12-7-4-8-13-18/h3-8,10-13,19-20,22-23H,2,9,14-16H2,1H3. The van der Waals surface area contributed by atoms with Crippen LogP contribution in [-0.2, 0) is 17.9 Å². The Bertz CT molecular complexity index is 618. The van der Waals surface area contributed by atoms with E-state index in [2.05, 4.69) is 42.0 Å². The lowest BCUT2D eigenvalue weighted by Gasteiger charge is -2.26. The third-order valence-electron chi connectivity index (χ3n) is 4.66. The van der Waals surface area contributed by atoms with E-state index in [4.69, 9.17) is 0 Å². The Labute approximate surface area is 150 Å². The Morgan fingerprint density at radius 3 is 2.04 bits per heavy atom. The number of benzene rings is 2. The average molecular weight is 337 g/mol. The second kappa shape index (κ2) is 8.79. The van der Waals surface area contributed by atoms with Crippen LogP contribution in [0.3, 0.4) is 0 Å². The minimum absolute atomic E-state index is 0.149. The molecular formula is C21H27N3O. The van der Waals surface area contributed by atoms with Gasteiger partial charge in [-0.2, -0.15) is 0 Å². The van der Waals surface area contributed by atoms with Crippen LogP contribution in [0.1, 0.15) is 37.3 Å². The molecule has 4 heteroatoms. The van der Waals surface area contributed by atoms with Gasteiger partial charge in [-0.1, -0.05) is 74.0 Å². The fourth-order valence-corrected chi connectivity index (χ4v) is 3.36. The van der Waals surface area contributed by atoms with Gasteiger partial charge in [0.1, 0.15) is 6.04 Å². The van der Waals surface area contributed by atoms with Crippen LogP contribution in [0.25, 0.3) is 0 Å². The van der Waals surface area contributed by atoms with Crippen LogP contribution in [-0.4, -0.2) is 22.9 Å². The van der Waals surface area contributed by atoms with Crippen molar-refractivity contribution in [3.63, 3.8) is 0 Å². The zero-order chi connectivity index (χ0) is 17.5. The van der Waals surface area contributed by atoms with Gasteiger partial charge in [0.2, 0.25) is 5.91 Å². The number of nitrogens with zero attached hydrogens (tertiary/aromatic N) is 1. The summed E-state index contributed by atoms with van der Waals surface area (Å²) < 4.78 is 0. The Morgan fingerprint density at radius 2 is 1.52 bits per heavy atom. The number of rotatable bonds is 7. The largest absolute Gasteiger partial charge is 0.333 e. The Morgan fingerprint density at radius 1 is 0.960 bits per heavy atom. The van der Waals surface area contributed by atoms with Crippen LogP contribution >= 0.6 is 0 Å². The summed E-state index contributed by atoms with van der Waals surface area (Å²) in [5.74, 6) is 0.166. The molecule has 2 aromatic carbocycles. The van der Waals surface area contributed by atoms with Crippen molar-refractivity contribution < 1.29 is 4.79 Å². The van der Waals surface area contributed by atoms with Crippen molar-refractivity contribution in [2.75, 3.05) is 0 Å². The molecule has 1 heterocycles. The molecule has 0 saturated carbocycles. The van der Waals surface area contributed by atoms with Crippen LogP contribution in [0.4, 0.5) is 0 Å². The highest BCUT2D eigenvalue weighted by molar-refractivity contribution is 5.82. The smallest absolute Gasteiger partial charge is 0.241 e. The molecule has 2 N–H and O–H groups in total. The number of carbonyl (C=O) groups excluding carboxylic acids is 1. The first-order chi connectivity index (χ1) is 12.3. The van der Waals surface area contributed by atoms with Crippen LogP contribution in [0.5, 0.6) is 0 Å². The van der Waals surface area contributed by atoms with Gasteiger partial charge < -0.3 is 4.90 Å². The van der Waals surface area contributed by atoms with Gasteiger partial charge in [-0.05, 0) is 24.0 Å². The third kappa shape index (κ3) is 4.91. The van der Waals surface area contributed by atoms with E-state index < -0.39 is 0 Å². The molecule has 1 saturated heterocycles. The topological polar surface area (TPSA) is 44.4 Å². The van der Waals surface area contributed by atoms with E-state index in [1.54, 1.807) is 0 Å². The minimum atomic E-state index is -0.149. The van der Waals surface area contributed by atoms with Gasteiger partial charge in [-0.3, -0.25) is 10.2 Å². The SMILES string of the molecule is CCCC1CC(C(=O)N(Cc2ccccc2)Cc2ccccc2)NN1. The van der Waals surface area contributed by atoms with E-state index in [9.17, 15) is 4.79 Å². The molecule has 1 aliphatic heterocycles. The van der Waals surface area contributed by atoms with Crippen LogP contribution in [0.15, 0.2) is 60.7 Å². The molecule has 2 aromatic rings. The monoisotopic (exact) mass is 337 g/mol. The van der Waals surface area contributed by atoms with E-state index in [1.165, 1.54) is 0 Å². The van der Waals surface area contributed by atoms with E-state index in [1.807, 2.05) is 41.3 Å². The Kier molecular flexibility index (Phi) is 6.20. The highest BCUT2D eigenvalue weighted by atomic mass is 16.2. The molecule has 2 atom stereocenters. The van der Waals surface area contributed by atoms with Gasteiger partial charge in [-0.15, -0.1) is 0 Å². The normalized spacial score (nSPS) is 19.7. The first-order valence-corrected chi connectivity index (χ1v) is 9.14. The summed E-state index contributed by atoms with van der Waals surface area (Å²) in [5.41, 5.74) is 8.79. The van der Waals surface area contributed by atoms with Gasteiger partial charge in [0.25, 0.3) is 0 Å². The summed E-state index contributed by atoms with van der Waals surface area (Å²) in [5, 5.41) is 0. The number of carbonyl (C=O) groups is 1. The van der Waals surface area contributed by atoms with Crippen molar-refractivity contribution in [2.24, 2.45) is 0 Å². The molecule has 0 bridgehead atoms. The van der Waals surface area contributed by atoms with E-state index in [0.717, 1.165) is 30.4 Å². The van der Waals surface area contributed by atoms with Crippen molar-refractivity contribution in [2.45, 2.75) is 51.4 Å². The van der Waals surface area contributed by atoms with Crippen molar-refractivity contribution in [1.29, 1.82) is 0 Å². The molecule has 1 amide bonds. The van der Waals surface area contributed by atoms with Crippen LogP contribution in [0, 0.1) is 0 Å². The predicted octanol–water partition coefficient (Wildman–Crippen LogP) is 3.25. The molecule has 0 aromatic heterocycles. The molecule has 132 valence electrons. The average Bonchev–Trinajstić information content (AvgIpc) is 3.11. The Balaban J connectivity index is 1.72. The summed E-state index contributed by atoms with van der Waals surface area (Å²) in [7, 11) is 0. The molecule has 1 fully saturated rings. The molecular weight excluding hydrogens is 310 g/mol. The zero-order valence-electron chi connectivity index (χ0n) is 14.8. The van der Waals surface area contributed by atoms with Gasteiger partial charge in [0, 0.05) is 19.1 Å². The minimum Gasteiger partial charge on any atom is -0.333 e. The quantitative estimate of drug-likeness (QED) is 0.815. The lowest BCUT2D eigenvalue weighted by Crippen LogP contribution is -2.45. The van der Waals surface area contributed by atoms with Crippen molar-refractivity contribution in [1.82, 2.24) is 15.8 Å². The van der Waals surface area contributed by atoms with Crippen molar-refractivity contribution >= 4 is 5.91 Å². The fraction of sp³-hybridized carbons (Fsp3) is 0.381. The van der Waals surface area contributed by atoms with Crippen LogP contribution in [0.2, 0.25) is 0 Å². The summed E-state index contributed by atoms with van der Waals surface area (Å²) >= 11 is 0. The summed E-state index contributed by atoms with van der Waals surface area (Å²) in [6.45, 7) is 3.43. The number of hydrazine groups is 1. The maximum atomic E-state index is 13.1. The highest BCUT2D eigenvalue weighted by Gasteiger charge is 2.31. The molecule has 0 radical (unpaired) electrons. The number of nitrogens with one attached hydrogen (secondary N) is 2. The molecule has 1 aliphatic rings. The lowest BCUT2D eigenvalue weighted by molar-refractivity contribution is -0.134. The molecule has 2 unspecified atom stereocenters. The number of hydrogen-bond acceptors (Lipinski definition) is 3. The van der Waals surface area contributed by atoms with Gasteiger partial charge >= 0.3 is 0 Å². The summed E-state index contributed by atoms with van der Waals surface area (Å²) in [4.78, 5) is 15.1. The van der Waals surface area contributed by atoms with E-state index in [-0.39, 0.29) is 11.9 Å². The molecule has 3 rings (SSSR count). The second-order valence-corrected chi connectivity index (χ2v) is 6.73. The molecule has 0 aliphatic carbocycles. The van der Waals surface area contributed by atoms with Crippen LogP contribution < -0.4 is 10.9 Å². The number of amides is 1. The van der Waals surface area contributed by atoms with E-state index in [0.29, 0.717) is 19.1 Å². The highest BCUT2D eigenvalue weighted by Crippen LogP contribution is 2.16. The first kappa shape index (κ1) is 17.6. The maximum Gasteiger partial charge on any atom is 0.241 e. The predicted molar refractivity (Wildman–Crippen MR) is 101 cm³/mol. The lowest BCUT2D eigenvalue weighted by atomic mass is 10.0. The van der Waals surface area contributed by atoms with Crippen molar-refractivity contribution in [3.8, 4) is 0 Å². The number of hydrogen-bond donors (Lipinski definition) is 2. The fourth-order valence-electron chi connectivity index (χ4n) is 3.36. The van der Waals surface area contributed by atoms with E-state index >= 15 is 0 Å². The summed E-state index contributed by atoms with van der Waals surface area (Å²) in [6.07, 6.45) is 3.07. The second-order valence-electron chi connectivity index (χ2n) is 6.73. The first-order valence-electron chi connectivity index (χ1n) is 9.14. The zero-order valence-corrected chi connectivity index (χ0v) is 14.8.